The van der Waals surface area contributed by atoms with E-state index in [0.29, 0.717) is 18.9 Å². The van der Waals surface area contributed by atoms with Gasteiger partial charge in [-0.05, 0) is 42.5 Å². The Kier molecular flexibility index (Phi) is 6.60. The van der Waals surface area contributed by atoms with E-state index in [0.717, 1.165) is 36.8 Å². The van der Waals surface area contributed by atoms with Gasteiger partial charge in [-0.3, -0.25) is 14.6 Å². The van der Waals surface area contributed by atoms with Gasteiger partial charge in [0.1, 0.15) is 11.9 Å². The van der Waals surface area contributed by atoms with Crippen molar-refractivity contribution >= 4 is 33.4 Å². The number of sulfone groups is 1. The average molecular weight is 532 g/mol. The van der Waals surface area contributed by atoms with Gasteiger partial charge in [-0.2, -0.15) is 13.2 Å². The highest BCUT2D eigenvalue weighted by atomic mass is 32.2. The number of hydrogen-bond acceptors (Lipinski definition) is 6. The number of alkyl halides is 3. The first-order valence-electron chi connectivity index (χ1n) is 10.5. The largest absolute Gasteiger partial charge is 0.416 e. The number of primary amides is 1. The molecule has 1 saturated heterocycles. The number of carbonyl (C=O) groups excluding carboxylic acids is 2. The number of hydrogen-bond donors (Lipinski definition) is 1. The molecule has 13 heteroatoms. The van der Waals surface area contributed by atoms with E-state index in [9.17, 15) is 35.6 Å². The third-order valence-electron chi connectivity index (χ3n) is 6.11. The zero-order chi connectivity index (χ0) is 25.7. The maximum atomic E-state index is 15.0. The van der Waals surface area contributed by atoms with Crippen molar-refractivity contribution in [3.63, 3.8) is 0 Å². The highest BCUT2D eigenvalue weighted by molar-refractivity contribution is 8.00. The summed E-state index contributed by atoms with van der Waals surface area (Å²) in [6.45, 7) is 0. The number of nitrogens with zero attached hydrogens (tertiary/aromatic N) is 2. The minimum Gasteiger partial charge on any atom is -0.368 e. The number of amides is 2. The summed E-state index contributed by atoms with van der Waals surface area (Å²) in [5, 5.41) is -0.805. The summed E-state index contributed by atoms with van der Waals surface area (Å²) in [5.74, 6) is -3.27. The van der Waals surface area contributed by atoms with Gasteiger partial charge >= 0.3 is 6.18 Å². The Hall–Kier alpha value is -2.67. The normalized spacial score (nSPS) is 21.7. The van der Waals surface area contributed by atoms with Crippen LogP contribution in [0.3, 0.4) is 0 Å². The lowest BCUT2D eigenvalue weighted by molar-refractivity contribution is -0.137. The molecule has 4 rings (SSSR count). The molecule has 35 heavy (non-hydrogen) atoms. The smallest absolute Gasteiger partial charge is 0.368 e. The Morgan fingerprint density at radius 3 is 2.43 bits per heavy atom. The fourth-order valence-electron chi connectivity index (χ4n) is 4.24. The zero-order valence-electron chi connectivity index (χ0n) is 18.3. The van der Waals surface area contributed by atoms with Gasteiger partial charge in [-0.15, -0.1) is 11.8 Å². The number of rotatable bonds is 6. The summed E-state index contributed by atoms with van der Waals surface area (Å²) in [7, 11) is -3.68. The fourth-order valence-corrected chi connectivity index (χ4v) is 6.51. The van der Waals surface area contributed by atoms with Crippen LogP contribution in [0.5, 0.6) is 0 Å². The van der Waals surface area contributed by atoms with Crippen LogP contribution < -0.4 is 5.73 Å². The summed E-state index contributed by atoms with van der Waals surface area (Å²) in [6.07, 6.45) is -0.172. The van der Waals surface area contributed by atoms with E-state index < -0.39 is 56.5 Å². The van der Waals surface area contributed by atoms with Crippen LogP contribution in [-0.4, -0.2) is 53.5 Å². The molecular formula is C22H21F4N3O4S2. The van der Waals surface area contributed by atoms with Gasteiger partial charge in [0.15, 0.2) is 9.84 Å². The number of halogens is 4. The maximum absolute atomic E-state index is 15.0. The molecule has 0 spiro atoms. The molecule has 2 fully saturated rings. The zero-order valence-corrected chi connectivity index (χ0v) is 20.0. The lowest BCUT2D eigenvalue weighted by atomic mass is 9.91. The van der Waals surface area contributed by atoms with Gasteiger partial charge in [0, 0.05) is 30.3 Å². The van der Waals surface area contributed by atoms with E-state index in [1.54, 1.807) is 0 Å². The van der Waals surface area contributed by atoms with E-state index >= 15 is 0 Å². The van der Waals surface area contributed by atoms with Crippen molar-refractivity contribution in [3.05, 3.63) is 59.2 Å². The highest BCUT2D eigenvalue weighted by Crippen LogP contribution is 2.52. The summed E-state index contributed by atoms with van der Waals surface area (Å²) in [4.78, 5) is 30.5. The molecule has 2 amide bonds. The van der Waals surface area contributed by atoms with Crippen molar-refractivity contribution in [1.82, 2.24) is 9.88 Å². The summed E-state index contributed by atoms with van der Waals surface area (Å²) >= 11 is 1.19. The predicted octanol–water partition coefficient (Wildman–Crippen LogP) is 3.21. The SMILES string of the molecule is CS(=O)(=O)c1cncc(C(=O)N2C(C(N)=O)CSC2[C@@H](c2ccc(C(F)(F)F)cc2F)C2CC2)c1. The van der Waals surface area contributed by atoms with Crippen LogP contribution in [0.2, 0.25) is 0 Å². The Morgan fingerprint density at radius 2 is 1.89 bits per heavy atom. The Bertz CT molecular complexity index is 1280. The van der Waals surface area contributed by atoms with Crippen LogP contribution in [0.4, 0.5) is 17.6 Å². The second kappa shape index (κ2) is 9.08. The molecule has 7 nitrogen and oxygen atoms in total. The standard InChI is InChI=1S/C22H21F4N3O4S2/c1-35(32,33)14-6-12(8-28-9-14)20(31)29-17(19(27)30)10-34-21(29)18(11-2-3-11)15-5-4-13(7-16(15)23)22(24,25)26/h4-9,11,17-18,21H,2-3,10H2,1H3,(H2,27,30)/t17?,18-,21?/m1/s1. The van der Waals surface area contributed by atoms with Gasteiger partial charge in [-0.25, -0.2) is 12.8 Å². The molecular weight excluding hydrogens is 510 g/mol. The number of nitrogens with two attached hydrogens (primary N) is 1. The molecule has 1 aromatic carbocycles. The van der Waals surface area contributed by atoms with Crippen LogP contribution >= 0.6 is 11.8 Å². The first-order valence-corrected chi connectivity index (χ1v) is 13.5. The first-order chi connectivity index (χ1) is 16.3. The first kappa shape index (κ1) is 25.4. The Labute approximate surface area is 203 Å². The van der Waals surface area contributed by atoms with Crippen molar-refractivity contribution in [1.29, 1.82) is 0 Å². The highest BCUT2D eigenvalue weighted by Gasteiger charge is 2.50. The topological polar surface area (TPSA) is 110 Å². The van der Waals surface area contributed by atoms with Crippen molar-refractivity contribution < 1.29 is 35.6 Å². The van der Waals surface area contributed by atoms with Gasteiger partial charge in [-0.1, -0.05) is 6.07 Å². The van der Waals surface area contributed by atoms with E-state index in [-0.39, 0.29) is 27.7 Å². The van der Waals surface area contributed by atoms with Crippen LogP contribution in [0.25, 0.3) is 0 Å². The molecule has 0 bridgehead atoms. The van der Waals surface area contributed by atoms with Crippen molar-refractivity contribution in [3.8, 4) is 0 Å². The van der Waals surface area contributed by atoms with Gasteiger partial charge in [0.05, 0.1) is 21.4 Å². The second-order valence-corrected chi connectivity index (χ2v) is 11.8. The predicted molar refractivity (Wildman–Crippen MR) is 120 cm³/mol. The van der Waals surface area contributed by atoms with Gasteiger partial charge in [0.25, 0.3) is 5.91 Å². The minimum atomic E-state index is -4.72. The Morgan fingerprint density at radius 1 is 1.20 bits per heavy atom. The lowest BCUT2D eigenvalue weighted by Crippen LogP contribution is -2.50. The monoisotopic (exact) mass is 531 g/mol. The number of thioether (sulfide) groups is 1. The molecule has 2 heterocycles. The number of carbonyl (C=O) groups is 2. The molecule has 1 saturated carbocycles. The van der Waals surface area contributed by atoms with Crippen molar-refractivity contribution in [2.24, 2.45) is 11.7 Å². The van der Waals surface area contributed by atoms with Gasteiger partial charge < -0.3 is 10.6 Å². The quantitative estimate of drug-likeness (QED) is 0.574. The van der Waals surface area contributed by atoms with Crippen LogP contribution in [0.15, 0.2) is 41.6 Å². The van der Waals surface area contributed by atoms with E-state index in [2.05, 4.69) is 4.98 Å². The number of benzene rings is 1. The molecule has 1 aliphatic carbocycles. The fraction of sp³-hybridized carbons (Fsp3) is 0.409. The summed E-state index contributed by atoms with van der Waals surface area (Å²) in [5.41, 5.74) is 4.33. The van der Waals surface area contributed by atoms with Crippen LogP contribution in [0, 0.1) is 11.7 Å². The van der Waals surface area contributed by atoms with E-state index in [1.165, 1.54) is 16.7 Å². The minimum absolute atomic E-state index is 0.0175. The van der Waals surface area contributed by atoms with Crippen LogP contribution in [0.1, 0.15) is 40.2 Å². The summed E-state index contributed by atoms with van der Waals surface area (Å²) < 4.78 is 78.0. The van der Waals surface area contributed by atoms with E-state index in [1.807, 2.05) is 0 Å². The summed E-state index contributed by atoms with van der Waals surface area (Å²) in [6, 6.07) is 2.37. The average Bonchev–Trinajstić information content (AvgIpc) is 3.51. The Balaban J connectivity index is 1.76. The molecule has 2 aromatic rings. The third kappa shape index (κ3) is 5.15. The van der Waals surface area contributed by atoms with Gasteiger partial charge in [0.2, 0.25) is 5.91 Å². The van der Waals surface area contributed by atoms with E-state index in [4.69, 9.17) is 5.73 Å². The van der Waals surface area contributed by atoms with Crippen molar-refractivity contribution in [2.45, 2.75) is 41.2 Å². The molecule has 2 N–H and O–H groups in total. The molecule has 3 atom stereocenters. The molecule has 188 valence electrons. The number of aromatic nitrogens is 1. The molecule has 2 aliphatic rings. The molecule has 0 radical (unpaired) electrons. The van der Waals surface area contributed by atoms with Crippen molar-refractivity contribution in [2.75, 3.05) is 12.0 Å². The number of pyridine rings is 1. The molecule has 2 unspecified atom stereocenters. The molecule has 1 aliphatic heterocycles. The third-order valence-corrected chi connectivity index (χ3v) is 8.56. The van der Waals surface area contributed by atoms with Crippen LogP contribution in [-0.2, 0) is 20.8 Å². The maximum Gasteiger partial charge on any atom is 0.416 e. The molecule has 1 aromatic heterocycles. The second-order valence-electron chi connectivity index (χ2n) is 8.63. The lowest BCUT2D eigenvalue weighted by Gasteiger charge is -2.34.